The van der Waals surface area contributed by atoms with E-state index >= 15 is 0 Å². The number of allylic oxidation sites excluding steroid dienone is 2. The summed E-state index contributed by atoms with van der Waals surface area (Å²) in [5.74, 6) is -2.34. The summed E-state index contributed by atoms with van der Waals surface area (Å²) in [6.07, 6.45) is 19.0. The molecule has 0 aliphatic heterocycles. The largest absolute Gasteiger partial charge is 0.494 e. The molecule has 0 unspecified atom stereocenters. The lowest BCUT2D eigenvalue weighted by atomic mass is 9.82. The van der Waals surface area contributed by atoms with Crippen molar-refractivity contribution in [2.24, 2.45) is 28.8 Å². The van der Waals surface area contributed by atoms with Gasteiger partial charge in [-0.15, -0.1) is 0 Å². The molecule has 2 aliphatic rings. The maximum Gasteiger partial charge on any atom is 0.330 e. The first kappa shape index (κ1) is 66.2. The zero-order valence-corrected chi connectivity index (χ0v) is 49.7. The van der Waals surface area contributed by atoms with Crippen molar-refractivity contribution in [3.63, 3.8) is 0 Å². The summed E-state index contributed by atoms with van der Waals surface area (Å²) in [5, 5.41) is 7.24. The topological polar surface area (TPSA) is 214 Å². The van der Waals surface area contributed by atoms with E-state index in [0.29, 0.717) is 126 Å². The molecule has 0 N–H and O–H groups in total. The summed E-state index contributed by atoms with van der Waals surface area (Å²) < 4.78 is 51.8. The van der Waals surface area contributed by atoms with Crippen LogP contribution in [-0.2, 0) is 52.5 Å². The number of unbranched alkanes of at least 4 members (excludes halogenated alkanes) is 7. The highest BCUT2D eigenvalue weighted by Crippen LogP contribution is 2.35. The van der Waals surface area contributed by atoms with Crippen LogP contribution < -0.4 is 24.0 Å². The van der Waals surface area contributed by atoms with Crippen molar-refractivity contribution in [2.75, 3.05) is 51.2 Å². The molecule has 2 aliphatic carbocycles. The van der Waals surface area contributed by atoms with Crippen molar-refractivity contribution in [3.8, 4) is 23.0 Å². The summed E-state index contributed by atoms with van der Waals surface area (Å²) in [5.41, 5.74) is 1.20. The molecule has 4 aromatic rings. The fourth-order valence-corrected chi connectivity index (χ4v) is 10.3. The molecule has 85 heavy (non-hydrogen) atoms. The second kappa shape index (κ2) is 36.7. The number of fused-ring (bicyclic) bond motifs is 1. The van der Waals surface area contributed by atoms with E-state index in [1.807, 2.05) is 24.3 Å². The first-order valence-electron chi connectivity index (χ1n) is 29.6. The molecule has 2 saturated carbocycles. The number of esters is 6. The number of nitrogens with zero attached hydrogens (tertiary/aromatic N) is 3. The number of hydrogen-bond acceptors (Lipinski definition) is 19. The van der Waals surface area contributed by atoms with Gasteiger partial charge in [0.2, 0.25) is 5.13 Å². The lowest BCUT2D eigenvalue weighted by Gasteiger charge is -2.26. The second-order valence-corrected chi connectivity index (χ2v) is 21.8. The predicted molar refractivity (Wildman–Crippen MR) is 325 cm³/mol. The molecule has 1 heterocycles. The normalized spacial score (nSPS) is 16.7. The zero-order chi connectivity index (χ0) is 60.6. The van der Waals surface area contributed by atoms with E-state index in [1.54, 1.807) is 59.8 Å². The van der Waals surface area contributed by atoms with E-state index in [9.17, 15) is 28.8 Å². The number of hydrazone groups is 1. The number of carbonyl (C=O) groups excluding carboxylic acids is 6. The lowest BCUT2D eigenvalue weighted by Crippen LogP contribution is -2.30. The Labute approximate surface area is 502 Å². The van der Waals surface area contributed by atoms with Gasteiger partial charge in [0.15, 0.2) is 0 Å². The van der Waals surface area contributed by atoms with Gasteiger partial charge in [-0.25, -0.2) is 19.6 Å². The predicted octanol–water partition coefficient (Wildman–Crippen LogP) is 13.1. The van der Waals surface area contributed by atoms with Crippen LogP contribution >= 0.6 is 11.3 Å². The molecular weight excluding hydrogens is 1110 g/mol. The van der Waals surface area contributed by atoms with Crippen LogP contribution in [0.4, 0.5) is 5.13 Å². The highest BCUT2D eigenvalue weighted by Gasteiger charge is 2.34. The Bertz CT molecular complexity index is 2880. The molecule has 456 valence electrons. The Morgan fingerprint density at radius 2 is 1.09 bits per heavy atom. The molecular formula is C66H81N3O15S. The summed E-state index contributed by atoms with van der Waals surface area (Å²) in [6, 6.07) is 19.5. The number of aromatic nitrogens is 1. The van der Waals surface area contributed by atoms with Crippen LogP contribution in [-0.4, -0.2) is 93.2 Å². The molecule has 6 rings (SSSR count). The quantitative estimate of drug-likeness (QED) is 0.00472. The molecule has 2 fully saturated rings. The highest BCUT2D eigenvalue weighted by atomic mass is 32.1. The van der Waals surface area contributed by atoms with Crippen molar-refractivity contribution in [1.29, 1.82) is 0 Å². The van der Waals surface area contributed by atoms with E-state index in [0.717, 1.165) is 86.6 Å². The van der Waals surface area contributed by atoms with Crippen LogP contribution in [0.1, 0.15) is 128 Å². The minimum atomic E-state index is -0.501. The van der Waals surface area contributed by atoms with Crippen LogP contribution in [0.15, 0.2) is 134 Å². The lowest BCUT2D eigenvalue weighted by molar-refractivity contribution is -0.148. The Morgan fingerprint density at radius 3 is 1.68 bits per heavy atom. The molecule has 0 spiro atoms. The van der Waals surface area contributed by atoms with Crippen molar-refractivity contribution >= 4 is 68.7 Å². The molecule has 3 aromatic carbocycles. The summed E-state index contributed by atoms with van der Waals surface area (Å²) >= 11 is 1.48. The van der Waals surface area contributed by atoms with Gasteiger partial charge in [-0.1, -0.05) is 63.1 Å². The summed E-state index contributed by atoms with van der Waals surface area (Å²) in [6.45, 7) is 19.7. The van der Waals surface area contributed by atoms with E-state index < -0.39 is 47.6 Å². The Balaban J connectivity index is 1.01. The highest BCUT2D eigenvalue weighted by molar-refractivity contribution is 7.22. The molecule has 0 radical (unpaired) electrons. The molecule has 1 aromatic heterocycles. The number of benzene rings is 3. The summed E-state index contributed by atoms with van der Waals surface area (Å²) in [4.78, 5) is 81.3. The van der Waals surface area contributed by atoms with E-state index in [1.165, 1.54) is 17.4 Å². The van der Waals surface area contributed by atoms with E-state index in [2.05, 4.69) is 33.2 Å². The van der Waals surface area contributed by atoms with Gasteiger partial charge in [0.05, 0.1) is 79.7 Å². The number of hydrogen-bond donors (Lipinski definition) is 0. The van der Waals surface area contributed by atoms with Gasteiger partial charge in [0.25, 0.3) is 0 Å². The number of para-hydroxylation sites is 1. The minimum Gasteiger partial charge on any atom is -0.494 e. The fraction of sp³-hybridized carbons (Fsp3) is 0.455. The van der Waals surface area contributed by atoms with Gasteiger partial charge in [-0.05, 0) is 176 Å². The van der Waals surface area contributed by atoms with Crippen molar-refractivity contribution in [1.82, 2.24) is 4.98 Å². The number of thiazole rings is 1. The Morgan fingerprint density at radius 1 is 0.576 bits per heavy atom. The zero-order valence-electron chi connectivity index (χ0n) is 48.9. The van der Waals surface area contributed by atoms with Crippen LogP contribution in [0.3, 0.4) is 0 Å². The van der Waals surface area contributed by atoms with Gasteiger partial charge < -0.3 is 42.6 Å². The SMILES string of the molecule is C=CC(=O)OCCCCCCOC(=C)/C=C\C(=C)OC(=O)C1CCC(C(=O)Oc2ccc(OC(=O)C3CCC(C(=O)Oc4ccc(OCCCCCCOC(=O)C=C)cc4)CC3)cc2/C=N/N(CCOCCCC)c2nc3ccccc3s2)CC1. The maximum atomic E-state index is 13.9. The van der Waals surface area contributed by atoms with Crippen molar-refractivity contribution in [2.45, 2.75) is 122 Å². The first-order chi connectivity index (χ1) is 41.3. The van der Waals surface area contributed by atoms with E-state index in [4.69, 9.17) is 52.7 Å². The standard InChI is InChI=1S/C66H81N3O15S/c1-6-9-39-76-44-38-69(66-68-57-20-14-15-21-59(57)85-66)67-46-53-45-56(83-64(74)51-28-26-50(27-29-51)63(73)82-55-34-32-54(33-35-55)78-41-17-11-13-19-43-80-61(71)8-3)36-37-58(53)84-65(75)52-30-24-49(25-31-52)62(72)81-48(5)23-22-47(4)77-40-16-10-12-18-42-79-60(70)7-2/h7-8,14-15,20-23,32-37,45-46,49-52H,2-6,9-13,16-19,24-31,38-44H2,1H3/b23-22-,67-46+. The first-order valence-corrected chi connectivity index (χ1v) is 30.4. The molecule has 0 bridgehead atoms. The van der Waals surface area contributed by atoms with Gasteiger partial charge >= 0.3 is 35.8 Å². The van der Waals surface area contributed by atoms with Crippen molar-refractivity contribution < 1.29 is 71.4 Å². The molecule has 0 amide bonds. The molecule has 18 nitrogen and oxygen atoms in total. The summed E-state index contributed by atoms with van der Waals surface area (Å²) in [7, 11) is 0. The number of anilines is 1. The van der Waals surface area contributed by atoms with Gasteiger partial charge in [0, 0.05) is 24.3 Å². The maximum absolute atomic E-state index is 13.9. The smallest absolute Gasteiger partial charge is 0.330 e. The molecule has 0 saturated heterocycles. The van der Waals surface area contributed by atoms with Crippen LogP contribution in [0.5, 0.6) is 23.0 Å². The average molecular weight is 1190 g/mol. The third kappa shape index (κ3) is 23.6. The second-order valence-electron chi connectivity index (χ2n) is 20.8. The van der Waals surface area contributed by atoms with E-state index in [-0.39, 0.29) is 29.1 Å². The number of rotatable bonds is 37. The Kier molecular flexibility index (Phi) is 28.6. The van der Waals surface area contributed by atoms with Gasteiger partial charge in [-0.3, -0.25) is 19.2 Å². The van der Waals surface area contributed by atoms with Gasteiger partial charge in [-0.2, -0.15) is 5.10 Å². The van der Waals surface area contributed by atoms with Crippen LogP contribution in [0, 0.1) is 23.7 Å². The van der Waals surface area contributed by atoms with Crippen molar-refractivity contribution in [3.05, 3.63) is 134 Å². The van der Waals surface area contributed by atoms with Crippen LogP contribution in [0.25, 0.3) is 10.2 Å². The minimum absolute atomic E-state index is 0.138. The monoisotopic (exact) mass is 1190 g/mol. The third-order valence-electron chi connectivity index (χ3n) is 14.3. The van der Waals surface area contributed by atoms with Gasteiger partial charge in [0.1, 0.15) is 34.5 Å². The number of ether oxygens (including phenoxy) is 9. The fourth-order valence-electron chi connectivity index (χ4n) is 9.37. The number of carbonyl (C=O) groups is 6. The average Bonchev–Trinajstić information content (AvgIpc) is 4.00. The Hall–Kier alpha value is -7.90. The molecule has 0 atom stereocenters. The third-order valence-corrected chi connectivity index (χ3v) is 15.4. The van der Waals surface area contributed by atoms with Crippen LogP contribution in [0.2, 0.25) is 0 Å². The molecule has 19 heteroatoms.